The molecule has 0 radical (unpaired) electrons. The van der Waals surface area contributed by atoms with E-state index in [2.05, 4.69) is 32.7 Å². The Labute approximate surface area is 123 Å². The average Bonchev–Trinajstić information content (AvgIpc) is 2.84. The van der Waals surface area contributed by atoms with Crippen molar-refractivity contribution in [3.8, 4) is 0 Å². The summed E-state index contributed by atoms with van der Waals surface area (Å²) >= 11 is 5.35. The molecule has 0 atom stereocenters. The number of hydrogen-bond acceptors (Lipinski definition) is 6. The molecule has 1 N–H and O–H groups in total. The normalized spacial score (nSPS) is 10.6. The zero-order chi connectivity index (χ0) is 13.9. The van der Waals surface area contributed by atoms with E-state index in [1.54, 1.807) is 16.4 Å². The topological polar surface area (TPSA) is 69.0 Å². The highest BCUT2D eigenvalue weighted by Gasteiger charge is 2.01. The number of unbranched alkanes of at least 4 members (excludes halogenated alkanes) is 1. The minimum Gasteiger partial charge on any atom is -0.356 e. The van der Waals surface area contributed by atoms with E-state index in [9.17, 15) is 4.79 Å². The maximum absolute atomic E-state index is 11.3. The van der Waals surface area contributed by atoms with E-state index >= 15 is 0 Å². The monoisotopic (exact) mass is 304 g/mol. The summed E-state index contributed by atoms with van der Waals surface area (Å²) in [5, 5.41) is 10.8. The summed E-state index contributed by atoms with van der Waals surface area (Å²) in [7, 11) is 0. The number of hydrogen-bond donors (Lipinski definition) is 2. The number of carbonyl (C=O) groups excluding carboxylic acids is 1. The zero-order valence-electron chi connectivity index (χ0n) is 11.0. The molecule has 0 unspecified atom stereocenters. The molecule has 0 saturated carbocycles. The second-order valence-electron chi connectivity index (χ2n) is 4.05. The molecule has 1 aromatic rings. The van der Waals surface area contributed by atoms with E-state index in [0.717, 1.165) is 30.8 Å². The number of aryl methyl sites for hydroxylation is 1. The van der Waals surface area contributed by atoms with Crippen LogP contribution in [0.5, 0.6) is 0 Å². The van der Waals surface area contributed by atoms with Gasteiger partial charge in [-0.25, -0.2) is 0 Å². The SMILES string of the molecule is CSCCC(=O)NCCCCn1cc(COS)nn1. The van der Waals surface area contributed by atoms with Crippen LogP contribution in [0.2, 0.25) is 0 Å². The predicted octanol–water partition coefficient (Wildman–Crippen LogP) is 1.29. The molecule has 108 valence electrons. The first-order valence-electron chi connectivity index (χ1n) is 6.17. The van der Waals surface area contributed by atoms with Gasteiger partial charge in [-0.3, -0.25) is 9.48 Å². The first-order valence-corrected chi connectivity index (χ1v) is 7.93. The van der Waals surface area contributed by atoms with Crippen molar-refractivity contribution in [1.29, 1.82) is 0 Å². The molecule has 1 heterocycles. The molecule has 0 aliphatic carbocycles. The molecule has 1 rings (SSSR count). The van der Waals surface area contributed by atoms with Crippen LogP contribution in [0, 0.1) is 0 Å². The standard InChI is InChI=1S/C11H20N4O2S2/c1-19-7-4-11(16)12-5-2-3-6-15-8-10(9-17-18)13-14-15/h8,18H,2-7,9H2,1H3,(H,12,16). The summed E-state index contributed by atoms with van der Waals surface area (Å²) in [4.78, 5) is 11.3. The van der Waals surface area contributed by atoms with Crippen LogP contribution in [-0.2, 0) is 22.1 Å². The van der Waals surface area contributed by atoms with Crippen molar-refractivity contribution >= 4 is 30.6 Å². The lowest BCUT2D eigenvalue weighted by molar-refractivity contribution is -0.120. The van der Waals surface area contributed by atoms with Gasteiger partial charge in [0.1, 0.15) is 12.3 Å². The van der Waals surface area contributed by atoms with Crippen molar-refractivity contribution in [1.82, 2.24) is 20.3 Å². The average molecular weight is 304 g/mol. The van der Waals surface area contributed by atoms with Gasteiger partial charge in [0.05, 0.1) is 6.20 Å². The smallest absolute Gasteiger partial charge is 0.220 e. The van der Waals surface area contributed by atoms with Gasteiger partial charge in [0.15, 0.2) is 0 Å². The summed E-state index contributed by atoms with van der Waals surface area (Å²) in [5.41, 5.74) is 0.764. The van der Waals surface area contributed by atoms with Gasteiger partial charge in [-0.15, -0.1) is 5.10 Å². The van der Waals surface area contributed by atoms with Crippen LogP contribution in [0.15, 0.2) is 6.20 Å². The lowest BCUT2D eigenvalue weighted by Crippen LogP contribution is -2.24. The highest BCUT2D eigenvalue weighted by molar-refractivity contribution is 7.98. The van der Waals surface area contributed by atoms with E-state index in [1.165, 1.54) is 0 Å². The van der Waals surface area contributed by atoms with Crippen molar-refractivity contribution in [2.45, 2.75) is 32.4 Å². The third-order valence-corrected chi connectivity index (χ3v) is 3.21. The van der Waals surface area contributed by atoms with Gasteiger partial charge >= 0.3 is 0 Å². The van der Waals surface area contributed by atoms with Gasteiger partial charge in [0, 0.05) is 25.3 Å². The van der Waals surface area contributed by atoms with E-state index in [1.807, 2.05) is 12.5 Å². The minimum atomic E-state index is 0.128. The molecule has 0 saturated heterocycles. The van der Waals surface area contributed by atoms with Crippen molar-refractivity contribution in [2.75, 3.05) is 18.6 Å². The van der Waals surface area contributed by atoms with Gasteiger partial charge in [-0.05, 0) is 32.0 Å². The number of rotatable bonds is 10. The number of thiol groups is 1. The summed E-state index contributed by atoms with van der Waals surface area (Å²) < 4.78 is 6.45. The Morgan fingerprint density at radius 2 is 2.42 bits per heavy atom. The number of nitrogens with one attached hydrogen (secondary N) is 1. The summed E-state index contributed by atoms with van der Waals surface area (Å²) in [6.45, 7) is 1.86. The second-order valence-corrected chi connectivity index (χ2v) is 5.29. The fourth-order valence-electron chi connectivity index (χ4n) is 1.49. The Bertz CT molecular complexity index is 373. The van der Waals surface area contributed by atoms with Crippen molar-refractivity contribution < 1.29 is 8.98 Å². The van der Waals surface area contributed by atoms with Gasteiger partial charge in [-0.1, -0.05) is 5.21 Å². The summed E-state index contributed by atoms with van der Waals surface area (Å²) in [6, 6.07) is 0. The third kappa shape index (κ3) is 7.44. The highest BCUT2D eigenvalue weighted by Crippen LogP contribution is 2.00. The maximum atomic E-state index is 11.3. The van der Waals surface area contributed by atoms with Gasteiger partial charge < -0.3 is 9.50 Å². The second kappa shape index (κ2) is 10.1. The molecule has 0 aliphatic heterocycles. The van der Waals surface area contributed by atoms with Crippen molar-refractivity contribution in [2.24, 2.45) is 0 Å². The Kier molecular flexibility index (Phi) is 8.68. The Morgan fingerprint density at radius 1 is 1.58 bits per heavy atom. The first-order chi connectivity index (χ1) is 9.26. The molecule has 8 heteroatoms. The number of amides is 1. The maximum Gasteiger partial charge on any atom is 0.220 e. The molecular formula is C11H20N4O2S2. The Hall–Kier alpha value is -0.730. The minimum absolute atomic E-state index is 0.128. The molecule has 6 nitrogen and oxygen atoms in total. The van der Waals surface area contributed by atoms with E-state index < -0.39 is 0 Å². The van der Waals surface area contributed by atoms with Crippen molar-refractivity contribution in [3.63, 3.8) is 0 Å². The van der Waals surface area contributed by atoms with Crippen LogP contribution < -0.4 is 5.32 Å². The number of thioether (sulfide) groups is 1. The van der Waals surface area contributed by atoms with Gasteiger partial charge in [-0.2, -0.15) is 11.8 Å². The number of carbonyl (C=O) groups is 1. The molecule has 0 aliphatic rings. The molecule has 1 aromatic heterocycles. The first kappa shape index (κ1) is 16.3. The van der Waals surface area contributed by atoms with Crippen LogP contribution >= 0.6 is 24.7 Å². The van der Waals surface area contributed by atoms with Crippen LogP contribution in [0.1, 0.15) is 25.0 Å². The lowest BCUT2D eigenvalue weighted by atomic mass is 10.3. The molecule has 0 spiro atoms. The third-order valence-electron chi connectivity index (χ3n) is 2.47. The molecule has 19 heavy (non-hydrogen) atoms. The Morgan fingerprint density at radius 3 is 3.16 bits per heavy atom. The van der Waals surface area contributed by atoms with E-state index in [0.29, 0.717) is 19.6 Å². The summed E-state index contributed by atoms with van der Waals surface area (Å²) in [6.07, 6.45) is 6.32. The zero-order valence-corrected chi connectivity index (χ0v) is 12.8. The molecule has 0 fully saturated rings. The van der Waals surface area contributed by atoms with Gasteiger partial charge in [0.25, 0.3) is 0 Å². The van der Waals surface area contributed by atoms with Crippen LogP contribution in [0.4, 0.5) is 0 Å². The molecule has 0 bridgehead atoms. The summed E-state index contributed by atoms with van der Waals surface area (Å²) in [5.74, 6) is 1.00. The van der Waals surface area contributed by atoms with Crippen LogP contribution in [0.25, 0.3) is 0 Å². The number of nitrogens with zero attached hydrogens (tertiary/aromatic N) is 3. The lowest BCUT2D eigenvalue weighted by Gasteiger charge is -2.04. The van der Waals surface area contributed by atoms with Crippen molar-refractivity contribution in [3.05, 3.63) is 11.9 Å². The van der Waals surface area contributed by atoms with E-state index in [-0.39, 0.29) is 5.91 Å². The number of aromatic nitrogens is 3. The fraction of sp³-hybridized carbons (Fsp3) is 0.727. The molecule has 0 aromatic carbocycles. The fourth-order valence-corrected chi connectivity index (χ4v) is 2.01. The van der Waals surface area contributed by atoms with Crippen LogP contribution in [-0.4, -0.2) is 39.5 Å². The quantitative estimate of drug-likeness (QED) is 0.387. The largest absolute Gasteiger partial charge is 0.356 e. The van der Waals surface area contributed by atoms with Crippen LogP contribution in [0.3, 0.4) is 0 Å². The van der Waals surface area contributed by atoms with Gasteiger partial charge in [0.2, 0.25) is 5.91 Å². The highest BCUT2D eigenvalue weighted by atomic mass is 32.2. The molecule has 1 amide bonds. The molecular weight excluding hydrogens is 284 g/mol. The predicted molar refractivity (Wildman–Crippen MR) is 79.0 cm³/mol. The van der Waals surface area contributed by atoms with E-state index in [4.69, 9.17) is 0 Å². The Balaban J connectivity index is 2.05.